The van der Waals surface area contributed by atoms with E-state index in [-0.39, 0.29) is 12.6 Å². The van der Waals surface area contributed by atoms with Crippen molar-refractivity contribution in [1.82, 2.24) is 20.6 Å². The number of piperidine rings is 1. The number of fused-ring (bicyclic) bond motifs is 1. The minimum Gasteiger partial charge on any atom is -0.387 e. The summed E-state index contributed by atoms with van der Waals surface area (Å²) in [5.41, 5.74) is 2.66. The van der Waals surface area contributed by atoms with Crippen LogP contribution in [0.2, 0.25) is 0 Å². The number of H-pyrrole nitrogens is 1. The summed E-state index contributed by atoms with van der Waals surface area (Å²) in [4.78, 5) is 20.0. The monoisotopic (exact) mass is 365 g/mol. The molecule has 2 amide bonds. The first-order chi connectivity index (χ1) is 13.1. The maximum absolute atomic E-state index is 12.1. The number of carbonyl (C=O) groups is 1. The summed E-state index contributed by atoms with van der Waals surface area (Å²) in [5, 5.41) is 19.1. The van der Waals surface area contributed by atoms with Gasteiger partial charge in [-0.05, 0) is 55.8 Å². The SMILES string of the molecule is O=C(NCC1(O)CCCNC1)Nc1ccc(-c2nc3ccccc3[nH]2)cc1. The first kappa shape index (κ1) is 17.5. The number of nitrogens with zero attached hydrogens (tertiary/aromatic N) is 1. The van der Waals surface area contributed by atoms with Gasteiger partial charge in [0.25, 0.3) is 0 Å². The molecule has 3 aromatic rings. The number of hydrogen-bond donors (Lipinski definition) is 5. The average molecular weight is 365 g/mol. The second-order valence-electron chi connectivity index (χ2n) is 6.99. The van der Waals surface area contributed by atoms with E-state index in [2.05, 4.69) is 25.9 Å². The predicted molar refractivity (Wildman–Crippen MR) is 106 cm³/mol. The van der Waals surface area contributed by atoms with Crippen LogP contribution in [-0.4, -0.2) is 46.3 Å². The van der Waals surface area contributed by atoms with Crippen molar-refractivity contribution < 1.29 is 9.90 Å². The summed E-state index contributed by atoms with van der Waals surface area (Å²) in [6.45, 7) is 1.63. The van der Waals surface area contributed by atoms with Crippen molar-refractivity contribution in [2.75, 3.05) is 25.0 Å². The summed E-state index contributed by atoms with van der Waals surface area (Å²) >= 11 is 0. The van der Waals surface area contributed by atoms with Gasteiger partial charge in [0.1, 0.15) is 5.82 Å². The van der Waals surface area contributed by atoms with Gasteiger partial charge in [0.15, 0.2) is 0 Å². The highest BCUT2D eigenvalue weighted by Gasteiger charge is 2.29. The largest absolute Gasteiger partial charge is 0.387 e. The average Bonchev–Trinajstić information content (AvgIpc) is 3.12. The molecule has 7 nitrogen and oxygen atoms in total. The molecular formula is C20H23N5O2. The highest BCUT2D eigenvalue weighted by molar-refractivity contribution is 5.89. The molecule has 0 saturated carbocycles. The lowest BCUT2D eigenvalue weighted by molar-refractivity contribution is 0.0198. The van der Waals surface area contributed by atoms with Gasteiger partial charge in [0, 0.05) is 24.3 Å². The predicted octanol–water partition coefficient (Wildman–Crippen LogP) is 2.47. The van der Waals surface area contributed by atoms with Crippen molar-refractivity contribution in [2.45, 2.75) is 18.4 Å². The number of urea groups is 1. The van der Waals surface area contributed by atoms with E-state index in [0.717, 1.165) is 35.4 Å². The van der Waals surface area contributed by atoms with Crippen molar-refractivity contribution >= 4 is 22.8 Å². The Morgan fingerprint density at radius 1 is 1.19 bits per heavy atom. The summed E-state index contributed by atoms with van der Waals surface area (Å²) < 4.78 is 0. The van der Waals surface area contributed by atoms with Gasteiger partial charge in [-0.2, -0.15) is 0 Å². The topological polar surface area (TPSA) is 102 Å². The molecule has 1 aliphatic heterocycles. The number of imidazole rings is 1. The number of aromatic amines is 1. The van der Waals surface area contributed by atoms with Crippen LogP contribution in [0.4, 0.5) is 10.5 Å². The van der Waals surface area contributed by atoms with E-state index in [1.807, 2.05) is 48.5 Å². The third-order valence-corrected chi connectivity index (χ3v) is 4.83. The van der Waals surface area contributed by atoms with E-state index in [9.17, 15) is 9.90 Å². The lowest BCUT2D eigenvalue weighted by atomic mass is 9.94. The molecule has 140 valence electrons. The molecule has 1 saturated heterocycles. The van der Waals surface area contributed by atoms with E-state index in [4.69, 9.17) is 0 Å². The molecule has 2 aromatic carbocycles. The molecule has 1 unspecified atom stereocenters. The molecular weight excluding hydrogens is 342 g/mol. The number of anilines is 1. The minimum absolute atomic E-state index is 0.225. The summed E-state index contributed by atoms with van der Waals surface area (Å²) in [6.07, 6.45) is 1.59. The van der Waals surface area contributed by atoms with Crippen molar-refractivity contribution in [2.24, 2.45) is 0 Å². The normalized spacial score (nSPS) is 19.7. The molecule has 27 heavy (non-hydrogen) atoms. The Balaban J connectivity index is 1.36. The Kier molecular flexibility index (Phi) is 4.79. The second-order valence-corrected chi connectivity index (χ2v) is 6.99. The van der Waals surface area contributed by atoms with Gasteiger partial charge < -0.3 is 26.0 Å². The zero-order valence-electron chi connectivity index (χ0n) is 15.0. The van der Waals surface area contributed by atoms with Crippen LogP contribution >= 0.6 is 0 Å². The zero-order chi connectivity index (χ0) is 18.7. The Bertz CT molecular complexity index is 896. The van der Waals surface area contributed by atoms with E-state index in [1.54, 1.807) is 0 Å². The molecule has 7 heteroatoms. The third kappa shape index (κ3) is 4.10. The van der Waals surface area contributed by atoms with Gasteiger partial charge in [-0.1, -0.05) is 12.1 Å². The van der Waals surface area contributed by atoms with Gasteiger partial charge in [-0.3, -0.25) is 0 Å². The maximum atomic E-state index is 12.1. The first-order valence-corrected chi connectivity index (χ1v) is 9.14. The van der Waals surface area contributed by atoms with Gasteiger partial charge in [-0.15, -0.1) is 0 Å². The summed E-state index contributed by atoms with van der Waals surface area (Å²) in [6, 6.07) is 15.0. The number of β-amino-alcohol motifs (C(OH)–C–C–N with tert-alkyl or cyclic N) is 1. The van der Waals surface area contributed by atoms with Crippen molar-refractivity contribution in [3.05, 3.63) is 48.5 Å². The van der Waals surface area contributed by atoms with Crippen LogP contribution in [0.15, 0.2) is 48.5 Å². The standard InChI is InChI=1S/C20H23N5O2/c26-19(22-13-20(27)10-3-11-21-12-20)23-15-8-6-14(7-9-15)18-24-16-4-1-2-5-17(16)25-18/h1-2,4-9,21,27H,3,10-13H2,(H,24,25)(H2,22,23,26). The van der Waals surface area contributed by atoms with Gasteiger partial charge in [0.2, 0.25) is 0 Å². The minimum atomic E-state index is -0.874. The second kappa shape index (κ2) is 7.38. The first-order valence-electron chi connectivity index (χ1n) is 9.14. The number of rotatable bonds is 4. The number of aliphatic hydroxyl groups is 1. The third-order valence-electron chi connectivity index (χ3n) is 4.83. The summed E-state index contributed by atoms with van der Waals surface area (Å²) in [7, 11) is 0. The van der Waals surface area contributed by atoms with Gasteiger partial charge in [0.05, 0.1) is 16.6 Å². The molecule has 0 aliphatic carbocycles. The van der Waals surface area contributed by atoms with Crippen LogP contribution in [0.1, 0.15) is 12.8 Å². The van der Waals surface area contributed by atoms with Crippen molar-refractivity contribution in [3.8, 4) is 11.4 Å². The van der Waals surface area contributed by atoms with Crippen LogP contribution in [0, 0.1) is 0 Å². The number of benzene rings is 2. The van der Waals surface area contributed by atoms with Crippen LogP contribution in [0.25, 0.3) is 22.4 Å². The van der Waals surface area contributed by atoms with Gasteiger partial charge >= 0.3 is 6.03 Å². The van der Waals surface area contributed by atoms with E-state index < -0.39 is 5.60 Å². The number of amides is 2. The smallest absolute Gasteiger partial charge is 0.319 e. The van der Waals surface area contributed by atoms with Crippen LogP contribution in [0.5, 0.6) is 0 Å². The molecule has 0 spiro atoms. The molecule has 5 N–H and O–H groups in total. The van der Waals surface area contributed by atoms with E-state index in [1.165, 1.54) is 0 Å². The Morgan fingerprint density at radius 2 is 2.00 bits per heavy atom. The molecule has 1 aliphatic rings. The fraction of sp³-hybridized carbons (Fsp3) is 0.300. The molecule has 0 radical (unpaired) electrons. The van der Waals surface area contributed by atoms with Crippen LogP contribution in [0.3, 0.4) is 0 Å². The fourth-order valence-electron chi connectivity index (χ4n) is 3.32. The molecule has 0 bridgehead atoms. The Hall–Kier alpha value is -2.90. The van der Waals surface area contributed by atoms with E-state index in [0.29, 0.717) is 18.7 Å². The highest BCUT2D eigenvalue weighted by atomic mass is 16.3. The lowest BCUT2D eigenvalue weighted by Crippen LogP contribution is -2.53. The number of para-hydroxylation sites is 2. The number of aromatic nitrogens is 2. The highest BCUT2D eigenvalue weighted by Crippen LogP contribution is 2.22. The number of hydrogen-bond acceptors (Lipinski definition) is 4. The number of carbonyl (C=O) groups excluding carboxylic acids is 1. The molecule has 4 rings (SSSR count). The van der Waals surface area contributed by atoms with Crippen molar-refractivity contribution in [1.29, 1.82) is 0 Å². The fourth-order valence-corrected chi connectivity index (χ4v) is 3.32. The molecule has 1 fully saturated rings. The Labute approximate surface area is 157 Å². The molecule has 1 aromatic heterocycles. The lowest BCUT2D eigenvalue weighted by Gasteiger charge is -2.32. The van der Waals surface area contributed by atoms with Crippen LogP contribution < -0.4 is 16.0 Å². The van der Waals surface area contributed by atoms with Crippen molar-refractivity contribution in [3.63, 3.8) is 0 Å². The van der Waals surface area contributed by atoms with Crippen LogP contribution in [-0.2, 0) is 0 Å². The van der Waals surface area contributed by atoms with E-state index >= 15 is 0 Å². The zero-order valence-corrected chi connectivity index (χ0v) is 15.0. The summed E-state index contributed by atoms with van der Waals surface area (Å²) in [5.74, 6) is 0.791. The number of nitrogens with one attached hydrogen (secondary N) is 4. The van der Waals surface area contributed by atoms with Gasteiger partial charge in [-0.25, -0.2) is 9.78 Å². The molecule has 2 heterocycles. The molecule has 1 atom stereocenters. The maximum Gasteiger partial charge on any atom is 0.319 e. The Morgan fingerprint density at radius 3 is 2.74 bits per heavy atom. The quantitative estimate of drug-likeness (QED) is 0.490.